The molecule has 0 spiro atoms. The van der Waals surface area contributed by atoms with Gasteiger partial charge in [-0.3, -0.25) is 4.79 Å². The molecule has 2 rings (SSSR count). The van der Waals surface area contributed by atoms with Crippen molar-refractivity contribution in [3.05, 3.63) is 0 Å². The molecule has 0 aromatic carbocycles. The van der Waals surface area contributed by atoms with E-state index in [4.69, 9.17) is 10.5 Å². The average molecular weight is 240 g/mol. The maximum absolute atomic E-state index is 11.2. The second-order valence-electron chi connectivity index (χ2n) is 5.41. The fraction of sp³-hybridized carbons (Fsp3) is 0.923. The molecule has 2 aliphatic rings. The van der Waals surface area contributed by atoms with Crippen molar-refractivity contribution in [1.29, 1.82) is 0 Å². The van der Waals surface area contributed by atoms with Crippen LogP contribution in [0.2, 0.25) is 0 Å². The van der Waals surface area contributed by atoms with Crippen molar-refractivity contribution in [1.82, 2.24) is 5.32 Å². The van der Waals surface area contributed by atoms with Gasteiger partial charge in [-0.2, -0.15) is 0 Å². The van der Waals surface area contributed by atoms with Gasteiger partial charge in [-0.15, -0.1) is 0 Å². The maximum Gasteiger partial charge on any atom is 0.234 e. The van der Waals surface area contributed by atoms with E-state index in [1.807, 2.05) is 0 Å². The number of amides is 1. The number of carbonyl (C=O) groups excluding carboxylic acids is 1. The molecule has 0 aromatic heterocycles. The van der Waals surface area contributed by atoms with E-state index in [0.717, 1.165) is 12.5 Å². The molecule has 0 saturated heterocycles. The quantitative estimate of drug-likeness (QED) is 0.626. The number of rotatable bonds is 8. The van der Waals surface area contributed by atoms with Crippen molar-refractivity contribution in [3.63, 3.8) is 0 Å². The second-order valence-corrected chi connectivity index (χ2v) is 5.41. The van der Waals surface area contributed by atoms with E-state index >= 15 is 0 Å². The van der Waals surface area contributed by atoms with Crippen LogP contribution in [0.1, 0.15) is 44.9 Å². The lowest BCUT2D eigenvalue weighted by molar-refractivity contribution is -0.120. The van der Waals surface area contributed by atoms with E-state index in [-0.39, 0.29) is 11.9 Å². The molecule has 1 unspecified atom stereocenters. The predicted molar refractivity (Wildman–Crippen MR) is 66.5 cm³/mol. The van der Waals surface area contributed by atoms with Crippen LogP contribution in [0.4, 0.5) is 0 Å². The van der Waals surface area contributed by atoms with Crippen molar-refractivity contribution >= 4 is 5.91 Å². The second kappa shape index (κ2) is 6.36. The number of nitrogens with two attached hydrogens (primary N) is 1. The molecule has 17 heavy (non-hydrogen) atoms. The third-order valence-corrected chi connectivity index (χ3v) is 3.74. The Morgan fingerprint density at radius 3 is 2.59 bits per heavy atom. The molecule has 4 heteroatoms. The Kier molecular flexibility index (Phi) is 4.80. The summed E-state index contributed by atoms with van der Waals surface area (Å²) in [6.07, 6.45) is 8.36. The summed E-state index contributed by atoms with van der Waals surface area (Å²) in [6, 6.07) is 0.313. The van der Waals surface area contributed by atoms with Crippen molar-refractivity contribution in [3.8, 4) is 0 Å². The Labute approximate surface area is 103 Å². The van der Waals surface area contributed by atoms with Crippen molar-refractivity contribution in [2.45, 2.75) is 57.0 Å². The molecule has 1 amide bonds. The monoisotopic (exact) mass is 240 g/mol. The third kappa shape index (κ3) is 4.64. The van der Waals surface area contributed by atoms with Crippen LogP contribution in [0.15, 0.2) is 0 Å². The molecule has 0 radical (unpaired) electrons. The summed E-state index contributed by atoms with van der Waals surface area (Å²) in [6.45, 7) is 1.50. The zero-order valence-electron chi connectivity index (χ0n) is 10.5. The minimum Gasteiger partial charge on any atom is -0.381 e. The van der Waals surface area contributed by atoms with Gasteiger partial charge in [0.05, 0.1) is 6.04 Å². The van der Waals surface area contributed by atoms with Gasteiger partial charge in [0.2, 0.25) is 5.91 Å². The SMILES string of the molecule is NC(=O)C(CCOCC1CCCC1)NC1CC1. The lowest BCUT2D eigenvalue weighted by Crippen LogP contribution is -2.43. The molecule has 1 atom stereocenters. The van der Waals surface area contributed by atoms with Crippen LogP contribution >= 0.6 is 0 Å². The van der Waals surface area contributed by atoms with Gasteiger partial charge in [-0.1, -0.05) is 12.8 Å². The topological polar surface area (TPSA) is 64.4 Å². The highest BCUT2D eigenvalue weighted by Gasteiger charge is 2.27. The molecule has 0 aromatic rings. The van der Waals surface area contributed by atoms with Gasteiger partial charge in [0, 0.05) is 19.3 Å². The lowest BCUT2D eigenvalue weighted by atomic mass is 10.1. The van der Waals surface area contributed by atoms with Gasteiger partial charge in [-0.25, -0.2) is 0 Å². The molecular weight excluding hydrogens is 216 g/mol. The van der Waals surface area contributed by atoms with Gasteiger partial charge >= 0.3 is 0 Å². The van der Waals surface area contributed by atoms with Crippen LogP contribution in [-0.2, 0) is 9.53 Å². The van der Waals surface area contributed by atoms with Crippen LogP contribution in [0.25, 0.3) is 0 Å². The summed E-state index contributed by atoms with van der Waals surface area (Å²) in [5.41, 5.74) is 5.36. The number of hydrogen-bond donors (Lipinski definition) is 2. The van der Waals surface area contributed by atoms with Gasteiger partial charge in [0.1, 0.15) is 0 Å². The van der Waals surface area contributed by atoms with Crippen LogP contribution in [0.3, 0.4) is 0 Å². The van der Waals surface area contributed by atoms with Crippen LogP contribution < -0.4 is 11.1 Å². The van der Waals surface area contributed by atoms with E-state index in [0.29, 0.717) is 19.1 Å². The van der Waals surface area contributed by atoms with Crippen LogP contribution in [0.5, 0.6) is 0 Å². The van der Waals surface area contributed by atoms with E-state index in [2.05, 4.69) is 5.32 Å². The molecule has 0 aliphatic heterocycles. The highest BCUT2D eigenvalue weighted by Crippen LogP contribution is 2.24. The van der Waals surface area contributed by atoms with Gasteiger partial charge < -0.3 is 15.8 Å². The van der Waals surface area contributed by atoms with E-state index < -0.39 is 0 Å². The molecule has 0 heterocycles. The number of nitrogens with one attached hydrogen (secondary N) is 1. The van der Waals surface area contributed by atoms with Gasteiger partial charge in [0.15, 0.2) is 0 Å². The molecule has 98 valence electrons. The molecule has 4 nitrogen and oxygen atoms in total. The maximum atomic E-state index is 11.2. The van der Waals surface area contributed by atoms with E-state index in [9.17, 15) is 4.79 Å². The minimum absolute atomic E-state index is 0.203. The largest absolute Gasteiger partial charge is 0.381 e. The summed E-state index contributed by atoms with van der Waals surface area (Å²) in [5.74, 6) is 0.500. The number of carbonyl (C=O) groups is 1. The molecule has 2 fully saturated rings. The Morgan fingerprint density at radius 2 is 2.00 bits per heavy atom. The summed E-state index contributed by atoms with van der Waals surface area (Å²) >= 11 is 0. The highest BCUT2D eigenvalue weighted by atomic mass is 16.5. The van der Waals surface area contributed by atoms with Crippen molar-refractivity contribution in [2.24, 2.45) is 11.7 Å². The van der Waals surface area contributed by atoms with E-state index in [1.165, 1.54) is 38.5 Å². The fourth-order valence-corrected chi connectivity index (χ4v) is 2.47. The predicted octanol–water partition coefficient (Wildman–Crippen LogP) is 1.19. The Balaban J connectivity index is 1.56. The first-order chi connectivity index (χ1) is 8.25. The van der Waals surface area contributed by atoms with Crippen molar-refractivity contribution in [2.75, 3.05) is 13.2 Å². The highest BCUT2D eigenvalue weighted by molar-refractivity contribution is 5.79. The zero-order valence-corrected chi connectivity index (χ0v) is 10.5. The average Bonchev–Trinajstić information content (AvgIpc) is 2.96. The number of hydrogen-bond acceptors (Lipinski definition) is 3. The fourth-order valence-electron chi connectivity index (χ4n) is 2.47. The first-order valence-corrected chi connectivity index (χ1v) is 6.89. The zero-order chi connectivity index (χ0) is 12.1. The normalized spacial score (nSPS) is 22.8. The summed E-state index contributed by atoms with van der Waals surface area (Å²) in [7, 11) is 0. The molecule has 2 aliphatic carbocycles. The standard InChI is InChI=1S/C13H24N2O2/c14-13(16)12(15-11-5-6-11)7-8-17-9-10-3-1-2-4-10/h10-12,15H,1-9H2,(H2,14,16). The molecule has 3 N–H and O–H groups in total. The Hall–Kier alpha value is -0.610. The Bertz CT molecular complexity index is 248. The van der Waals surface area contributed by atoms with Crippen LogP contribution in [-0.4, -0.2) is 31.2 Å². The molecule has 0 bridgehead atoms. The third-order valence-electron chi connectivity index (χ3n) is 3.74. The lowest BCUT2D eigenvalue weighted by Gasteiger charge is -2.16. The number of ether oxygens (including phenoxy) is 1. The number of primary amides is 1. The first kappa shape index (κ1) is 12.8. The summed E-state index contributed by atoms with van der Waals surface area (Å²) in [5, 5.41) is 3.26. The van der Waals surface area contributed by atoms with E-state index in [1.54, 1.807) is 0 Å². The van der Waals surface area contributed by atoms with Crippen molar-refractivity contribution < 1.29 is 9.53 Å². The van der Waals surface area contributed by atoms with Gasteiger partial charge in [-0.05, 0) is 38.0 Å². The first-order valence-electron chi connectivity index (χ1n) is 6.89. The van der Waals surface area contributed by atoms with Gasteiger partial charge in [0.25, 0.3) is 0 Å². The Morgan fingerprint density at radius 1 is 1.29 bits per heavy atom. The summed E-state index contributed by atoms with van der Waals surface area (Å²) in [4.78, 5) is 11.2. The minimum atomic E-state index is -0.249. The summed E-state index contributed by atoms with van der Waals surface area (Å²) < 4.78 is 5.65. The smallest absolute Gasteiger partial charge is 0.234 e. The molecule has 2 saturated carbocycles. The van der Waals surface area contributed by atoms with Crippen LogP contribution in [0, 0.1) is 5.92 Å². The molecular formula is C13H24N2O2.